The van der Waals surface area contributed by atoms with E-state index in [4.69, 9.17) is 21.4 Å². The lowest BCUT2D eigenvalue weighted by Crippen LogP contribution is -2.24. The maximum absolute atomic E-state index is 10.7. The molecule has 0 atom stereocenters. The second kappa shape index (κ2) is 4.68. The highest BCUT2D eigenvalue weighted by Gasteiger charge is 2.24. The van der Waals surface area contributed by atoms with Crippen LogP contribution in [0.3, 0.4) is 0 Å². The van der Waals surface area contributed by atoms with E-state index in [1.807, 2.05) is 0 Å². The summed E-state index contributed by atoms with van der Waals surface area (Å²) in [7, 11) is 0. The number of hydrogen-bond acceptors (Lipinski definition) is 4. The monoisotopic (exact) mass is 229 g/mol. The topological polar surface area (TPSA) is 75.6 Å². The maximum Gasteiger partial charge on any atom is 0.340 e. The van der Waals surface area contributed by atoms with Crippen LogP contribution in [-0.2, 0) is 14.3 Å². The van der Waals surface area contributed by atoms with Crippen molar-refractivity contribution in [1.29, 1.82) is 0 Å². The van der Waals surface area contributed by atoms with Gasteiger partial charge in [0, 0.05) is 6.08 Å². The van der Waals surface area contributed by atoms with Crippen molar-refractivity contribution in [3.05, 3.63) is 28.3 Å². The Morgan fingerprint density at radius 2 is 2.40 bits per heavy atom. The molecule has 0 aromatic heterocycles. The van der Waals surface area contributed by atoms with Gasteiger partial charge in [0.05, 0.1) is 11.6 Å². The Morgan fingerprint density at radius 3 is 2.87 bits per heavy atom. The van der Waals surface area contributed by atoms with E-state index in [1.165, 1.54) is 12.0 Å². The molecule has 0 bridgehead atoms. The molecule has 0 unspecified atom stereocenters. The van der Waals surface area contributed by atoms with Crippen molar-refractivity contribution in [3.8, 4) is 0 Å². The Morgan fingerprint density at radius 1 is 1.73 bits per heavy atom. The fraction of sp³-hybridized carbons (Fsp3) is 0.222. The zero-order chi connectivity index (χ0) is 11.4. The van der Waals surface area contributed by atoms with Gasteiger partial charge < -0.3 is 15.2 Å². The van der Waals surface area contributed by atoms with E-state index in [0.29, 0.717) is 6.61 Å². The van der Waals surface area contributed by atoms with Gasteiger partial charge >= 0.3 is 5.97 Å². The van der Waals surface area contributed by atoms with Crippen LogP contribution in [0.2, 0.25) is 0 Å². The summed E-state index contributed by atoms with van der Waals surface area (Å²) in [6.45, 7) is 2.12. The van der Waals surface area contributed by atoms with Crippen molar-refractivity contribution in [2.24, 2.45) is 0 Å². The highest BCUT2D eigenvalue weighted by molar-refractivity contribution is 6.34. The molecule has 1 heterocycles. The van der Waals surface area contributed by atoms with Gasteiger partial charge in [0.1, 0.15) is 11.3 Å². The van der Waals surface area contributed by atoms with Crippen LogP contribution in [0.5, 0.6) is 0 Å². The van der Waals surface area contributed by atoms with Gasteiger partial charge in [0.15, 0.2) is 11.8 Å². The third kappa shape index (κ3) is 2.40. The Kier molecular flexibility index (Phi) is 3.55. The molecule has 0 saturated heterocycles. The average Bonchev–Trinajstić information content (AvgIpc) is 2.16. The molecule has 5 nitrogen and oxygen atoms in total. The minimum Gasteiger partial charge on any atom is -0.479 e. The fourth-order valence-corrected chi connectivity index (χ4v) is 1.32. The van der Waals surface area contributed by atoms with Gasteiger partial charge in [-0.15, -0.1) is 0 Å². The first kappa shape index (κ1) is 11.4. The van der Waals surface area contributed by atoms with E-state index in [2.05, 4.69) is 5.32 Å². The van der Waals surface area contributed by atoms with E-state index in [0.717, 1.165) is 0 Å². The molecule has 0 aromatic carbocycles. The molecule has 15 heavy (non-hydrogen) atoms. The predicted octanol–water partition coefficient (Wildman–Crippen LogP) is 0.760. The molecule has 80 valence electrons. The molecule has 0 aliphatic carbocycles. The quantitative estimate of drug-likeness (QED) is 0.699. The van der Waals surface area contributed by atoms with Crippen molar-refractivity contribution in [2.75, 3.05) is 6.61 Å². The minimum absolute atomic E-state index is 0.0666. The third-order valence-corrected chi connectivity index (χ3v) is 1.91. The van der Waals surface area contributed by atoms with Gasteiger partial charge in [0.2, 0.25) is 0 Å². The number of carbonyl (C=O) groups is 1. The Hall–Kier alpha value is -1.71. The SMILES string of the molecule is CCOC1=CC(Cl)=C(C(=O)O)C(=C=O)N1. The number of carboxylic acids is 1. The number of carboxylic acid groups (broad SMARTS) is 1. The van der Waals surface area contributed by atoms with Crippen LogP contribution in [0.1, 0.15) is 6.92 Å². The van der Waals surface area contributed by atoms with E-state index in [1.54, 1.807) is 6.92 Å². The zero-order valence-electron chi connectivity index (χ0n) is 7.83. The lowest BCUT2D eigenvalue weighted by atomic mass is 10.1. The lowest BCUT2D eigenvalue weighted by molar-refractivity contribution is -0.132. The smallest absolute Gasteiger partial charge is 0.340 e. The molecule has 0 amide bonds. The summed E-state index contributed by atoms with van der Waals surface area (Å²) in [4.78, 5) is 21.3. The van der Waals surface area contributed by atoms with Crippen LogP contribution in [0.15, 0.2) is 28.3 Å². The van der Waals surface area contributed by atoms with Crippen molar-refractivity contribution in [3.63, 3.8) is 0 Å². The van der Waals surface area contributed by atoms with Crippen LogP contribution in [0.4, 0.5) is 0 Å². The van der Waals surface area contributed by atoms with E-state index in [-0.39, 0.29) is 22.2 Å². The second-order valence-corrected chi connectivity index (χ2v) is 2.98. The summed E-state index contributed by atoms with van der Waals surface area (Å²) in [6.07, 6.45) is 1.30. The van der Waals surface area contributed by atoms with Crippen molar-refractivity contribution < 1.29 is 19.4 Å². The molecule has 0 saturated carbocycles. The summed E-state index contributed by atoms with van der Waals surface area (Å²) in [5.41, 5.74) is -0.548. The first-order valence-electron chi connectivity index (χ1n) is 4.10. The van der Waals surface area contributed by atoms with Gasteiger partial charge in [-0.1, -0.05) is 11.6 Å². The number of allylic oxidation sites excluding steroid dienone is 2. The molecule has 1 rings (SSSR count). The van der Waals surface area contributed by atoms with Gasteiger partial charge in [-0.3, -0.25) is 0 Å². The van der Waals surface area contributed by atoms with Gasteiger partial charge in [-0.05, 0) is 6.92 Å². The predicted molar refractivity (Wildman–Crippen MR) is 52.6 cm³/mol. The van der Waals surface area contributed by atoms with E-state index < -0.39 is 5.97 Å². The van der Waals surface area contributed by atoms with Crippen molar-refractivity contribution >= 4 is 23.5 Å². The summed E-state index contributed by atoms with van der Waals surface area (Å²) in [5.74, 6) is 0.400. The Bertz CT molecular complexity index is 404. The molecular formula is C9H8ClNO4. The molecule has 0 spiro atoms. The lowest BCUT2D eigenvalue weighted by Gasteiger charge is -2.17. The number of halogens is 1. The van der Waals surface area contributed by atoms with Crippen LogP contribution in [0, 0.1) is 0 Å². The van der Waals surface area contributed by atoms with E-state index >= 15 is 0 Å². The van der Waals surface area contributed by atoms with Gasteiger partial charge in [0.25, 0.3) is 0 Å². The van der Waals surface area contributed by atoms with Crippen LogP contribution in [0.25, 0.3) is 0 Å². The molecule has 0 radical (unpaired) electrons. The summed E-state index contributed by atoms with van der Waals surface area (Å²) >= 11 is 5.68. The largest absolute Gasteiger partial charge is 0.479 e. The second-order valence-electron chi connectivity index (χ2n) is 2.57. The Balaban J connectivity index is 3.16. The van der Waals surface area contributed by atoms with Crippen molar-refractivity contribution in [2.45, 2.75) is 6.92 Å². The molecule has 1 aliphatic rings. The molecule has 2 N–H and O–H groups in total. The van der Waals surface area contributed by atoms with Crippen molar-refractivity contribution in [1.82, 2.24) is 5.32 Å². The number of carbonyl (C=O) groups excluding carboxylic acids is 1. The number of rotatable bonds is 3. The van der Waals surface area contributed by atoms with E-state index in [9.17, 15) is 9.59 Å². The summed E-state index contributed by atoms with van der Waals surface area (Å²) in [6, 6.07) is 0. The third-order valence-electron chi connectivity index (χ3n) is 1.61. The zero-order valence-corrected chi connectivity index (χ0v) is 8.59. The average molecular weight is 230 g/mol. The first-order valence-corrected chi connectivity index (χ1v) is 4.48. The number of nitrogens with one attached hydrogen (secondary N) is 1. The molecular weight excluding hydrogens is 222 g/mol. The standard InChI is InChI=1S/C9H8ClNO4/c1-2-15-7-3-5(10)8(9(13)14)6(4-12)11-7/h3,11H,2H2,1H3,(H,13,14). The Labute approximate surface area is 90.7 Å². The molecule has 0 fully saturated rings. The maximum atomic E-state index is 10.7. The number of ether oxygens (including phenoxy) is 1. The minimum atomic E-state index is -1.29. The number of hydrogen-bond donors (Lipinski definition) is 2. The summed E-state index contributed by atoms with van der Waals surface area (Å²) < 4.78 is 5.05. The molecule has 6 heteroatoms. The van der Waals surface area contributed by atoms with Gasteiger partial charge in [-0.2, -0.15) is 0 Å². The normalized spacial score (nSPS) is 15.3. The van der Waals surface area contributed by atoms with Crippen LogP contribution < -0.4 is 5.32 Å². The van der Waals surface area contributed by atoms with Gasteiger partial charge in [-0.25, -0.2) is 9.59 Å². The fourth-order valence-electron chi connectivity index (χ4n) is 1.05. The highest BCUT2D eigenvalue weighted by atomic mass is 35.5. The molecule has 0 aromatic rings. The number of aliphatic carboxylic acids is 1. The van der Waals surface area contributed by atoms with Crippen LogP contribution >= 0.6 is 11.6 Å². The molecule has 1 aliphatic heterocycles. The van der Waals surface area contributed by atoms with Crippen LogP contribution in [-0.4, -0.2) is 23.6 Å². The summed E-state index contributed by atoms with van der Waals surface area (Å²) in [5, 5.41) is 11.2. The number of dihydropyridines is 1. The first-order chi connectivity index (χ1) is 7.10. The highest BCUT2D eigenvalue weighted by Crippen LogP contribution is 2.23.